The standard InChI is InChI=1S/C23H15F4N3O2/c24-15-7-5-6-14(12-15)21(32)22-29-18-10-3-4-11-19(18)30(22)13-20(31)28-17-9-2-1-8-16(17)23(25,26)27/h1-12H,13H2,(H,28,31). The smallest absolute Gasteiger partial charge is 0.324 e. The van der Waals surface area contributed by atoms with Crippen LogP contribution in [-0.2, 0) is 17.5 Å². The van der Waals surface area contributed by atoms with Gasteiger partial charge in [0.15, 0.2) is 5.82 Å². The van der Waals surface area contributed by atoms with Crippen molar-refractivity contribution >= 4 is 28.4 Å². The number of carbonyl (C=O) groups is 2. The van der Waals surface area contributed by atoms with Gasteiger partial charge in [-0.15, -0.1) is 0 Å². The predicted octanol–water partition coefficient (Wildman–Crippen LogP) is 5.06. The van der Waals surface area contributed by atoms with Crippen LogP contribution in [0.2, 0.25) is 0 Å². The molecule has 0 aliphatic heterocycles. The number of nitrogens with zero attached hydrogens (tertiary/aromatic N) is 2. The van der Waals surface area contributed by atoms with Gasteiger partial charge in [0.2, 0.25) is 11.7 Å². The molecular formula is C23H15F4N3O2. The molecule has 32 heavy (non-hydrogen) atoms. The summed E-state index contributed by atoms with van der Waals surface area (Å²) >= 11 is 0. The summed E-state index contributed by atoms with van der Waals surface area (Å²) < 4.78 is 54.6. The molecule has 3 aromatic carbocycles. The number of fused-ring (bicyclic) bond motifs is 1. The van der Waals surface area contributed by atoms with Gasteiger partial charge in [0, 0.05) is 5.56 Å². The minimum atomic E-state index is -4.65. The van der Waals surface area contributed by atoms with Crippen molar-refractivity contribution < 1.29 is 27.2 Å². The lowest BCUT2D eigenvalue weighted by atomic mass is 10.1. The Hall–Kier alpha value is -4.01. The lowest BCUT2D eigenvalue weighted by Crippen LogP contribution is -2.23. The Kier molecular flexibility index (Phi) is 5.48. The molecule has 0 radical (unpaired) electrons. The Morgan fingerprint density at radius 3 is 2.41 bits per heavy atom. The molecule has 1 amide bonds. The lowest BCUT2D eigenvalue weighted by Gasteiger charge is -2.14. The van der Waals surface area contributed by atoms with E-state index in [9.17, 15) is 27.2 Å². The van der Waals surface area contributed by atoms with Crippen LogP contribution in [0.5, 0.6) is 0 Å². The zero-order chi connectivity index (χ0) is 22.9. The van der Waals surface area contributed by atoms with Gasteiger partial charge in [-0.25, -0.2) is 9.37 Å². The Morgan fingerprint density at radius 2 is 1.66 bits per heavy atom. The quantitative estimate of drug-likeness (QED) is 0.348. The Morgan fingerprint density at radius 1 is 0.938 bits per heavy atom. The maximum atomic E-state index is 13.6. The van der Waals surface area contributed by atoms with E-state index in [2.05, 4.69) is 10.3 Å². The summed E-state index contributed by atoms with van der Waals surface area (Å²) in [5, 5.41) is 2.26. The minimum Gasteiger partial charge on any atom is -0.324 e. The van der Waals surface area contributed by atoms with Crippen molar-refractivity contribution in [3.8, 4) is 0 Å². The topological polar surface area (TPSA) is 64.0 Å². The van der Waals surface area contributed by atoms with E-state index in [1.54, 1.807) is 24.3 Å². The van der Waals surface area contributed by atoms with Crippen molar-refractivity contribution in [1.29, 1.82) is 0 Å². The maximum Gasteiger partial charge on any atom is 0.418 e. The fourth-order valence-electron chi connectivity index (χ4n) is 3.34. The molecule has 0 unspecified atom stereocenters. The first-order valence-electron chi connectivity index (χ1n) is 9.45. The first kappa shape index (κ1) is 21.2. The van der Waals surface area contributed by atoms with Crippen LogP contribution >= 0.6 is 0 Å². The van der Waals surface area contributed by atoms with E-state index < -0.39 is 41.5 Å². The van der Waals surface area contributed by atoms with E-state index in [-0.39, 0.29) is 11.4 Å². The van der Waals surface area contributed by atoms with Gasteiger partial charge >= 0.3 is 6.18 Å². The summed E-state index contributed by atoms with van der Waals surface area (Å²) in [6, 6.07) is 16.2. The highest BCUT2D eigenvalue weighted by atomic mass is 19.4. The number of amides is 1. The van der Waals surface area contributed by atoms with Crippen molar-refractivity contribution in [2.45, 2.75) is 12.7 Å². The number of nitrogens with one attached hydrogen (secondary N) is 1. The molecule has 0 spiro atoms. The average molecular weight is 441 g/mol. The third kappa shape index (κ3) is 4.22. The number of ketones is 1. The van der Waals surface area contributed by atoms with Crippen molar-refractivity contribution in [3.63, 3.8) is 0 Å². The van der Waals surface area contributed by atoms with E-state index in [0.717, 1.165) is 18.2 Å². The maximum absolute atomic E-state index is 13.6. The molecular weight excluding hydrogens is 426 g/mol. The zero-order valence-electron chi connectivity index (χ0n) is 16.4. The Labute approximate surface area is 179 Å². The summed E-state index contributed by atoms with van der Waals surface area (Å²) in [7, 11) is 0. The highest BCUT2D eigenvalue weighted by Crippen LogP contribution is 2.34. The van der Waals surface area contributed by atoms with E-state index >= 15 is 0 Å². The van der Waals surface area contributed by atoms with E-state index in [0.29, 0.717) is 11.0 Å². The summed E-state index contributed by atoms with van der Waals surface area (Å²) in [5.74, 6) is -2.14. The predicted molar refractivity (Wildman–Crippen MR) is 110 cm³/mol. The number of aromatic nitrogens is 2. The number of alkyl halides is 3. The van der Waals surface area contributed by atoms with Gasteiger partial charge in [0.1, 0.15) is 12.4 Å². The highest BCUT2D eigenvalue weighted by Gasteiger charge is 2.33. The van der Waals surface area contributed by atoms with Crippen molar-refractivity contribution in [3.05, 3.63) is 95.6 Å². The van der Waals surface area contributed by atoms with E-state index in [1.807, 2.05) is 0 Å². The van der Waals surface area contributed by atoms with Crippen LogP contribution in [-0.4, -0.2) is 21.2 Å². The number of benzene rings is 3. The van der Waals surface area contributed by atoms with Gasteiger partial charge in [0.05, 0.1) is 22.3 Å². The Bertz CT molecular complexity index is 1330. The summed E-state index contributed by atoms with van der Waals surface area (Å²) in [4.78, 5) is 29.9. The van der Waals surface area contributed by atoms with E-state index in [4.69, 9.17) is 0 Å². The van der Waals surface area contributed by atoms with Gasteiger partial charge < -0.3 is 9.88 Å². The van der Waals surface area contributed by atoms with Gasteiger partial charge in [-0.3, -0.25) is 9.59 Å². The highest BCUT2D eigenvalue weighted by molar-refractivity contribution is 6.08. The fourth-order valence-corrected chi connectivity index (χ4v) is 3.34. The molecule has 1 N–H and O–H groups in total. The summed E-state index contributed by atoms with van der Waals surface area (Å²) in [6.45, 7) is -0.469. The van der Waals surface area contributed by atoms with Crippen LogP contribution in [0.4, 0.5) is 23.2 Å². The van der Waals surface area contributed by atoms with Crippen LogP contribution in [0.3, 0.4) is 0 Å². The van der Waals surface area contributed by atoms with Crippen LogP contribution in [0.1, 0.15) is 21.7 Å². The van der Waals surface area contributed by atoms with Gasteiger partial charge in [-0.1, -0.05) is 36.4 Å². The second-order valence-corrected chi connectivity index (χ2v) is 6.94. The molecule has 4 rings (SSSR count). The second-order valence-electron chi connectivity index (χ2n) is 6.94. The third-order valence-electron chi connectivity index (χ3n) is 4.75. The second kappa shape index (κ2) is 8.26. The summed E-state index contributed by atoms with van der Waals surface area (Å²) in [6.07, 6.45) is -4.65. The first-order valence-corrected chi connectivity index (χ1v) is 9.45. The normalized spacial score (nSPS) is 11.5. The molecule has 0 saturated carbocycles. The van der Waals surface area contributed by atoms with E-state index in [1.165, 1.54) is 34.9 Å². The minimum absolute atomic E-state index is 0.0318. The largest absolute Gasteiger partial charge is 0.418 e. The molecule has 1 aromatic heterocycles. The van der Waals surface area contributed by atoms with Crippen LogP contribution < -0.4 is 5.32 Å². The van der Waals surface area contributed by atoms with Crippen LogP contribution in [0.15, 0.2) is 72.8 Å². The first-order chi connectivity index (χ1) is 15.2. The van der Waals surface area contributed by atoms with Crippen molar-refractivity contribution in [2.24, 2.45) is 0 Å². The molecule has 0 fully saturated rings. The number of hydrogen-bond donors (Lipinski definition) is 1. The fraction of sp³-hybridized carbons (Fsp3) is 0.0870. The number of halogens is 4. The van der Waals surface area contributed by atoms with Gasteiger partial charge in [0.25, 0.3) is 0 Å². The molecule has 0 aliphatic carbocycles. The molecule has 5 nitrogen and oxygen atoms in total. The molecule has 0 atom stereocenters. The van der Waals surface area contributed by atoms with Gasteiger partial charge in [-0.2, -0.15) is 13.2 Å². The molecule has 0 aliphatic rings. The summed E-state index contributed by atoms with van der Waals surface area (Å²) in [5.41, 5.74) is -0.501. The van der Waals surface area contributed by atoms with Gasteiger partial charge in [-0.05, 0) is 36.4 Å². The third-order valence-corrected chi connectivity index (χ3v) is 4.75. The zero-order valence-corrected chi connectivity index (χ0v) is 16.4. The number of imidazole rings is 1. The monoisotopic (exact) mass is 441 g/mol. The van der Waals surface area contributed by atoms with Crippen LogP contribution in [0.25, 0.3) is 11.0 Å². The van der Waals surface area contributed by atoms with Crippen molar-refractivity contribution in [2.75, 3.05) is 5.32 Å². The Balaban J connectivity index is 1.70. The number of hydrogen-bond acceptors (Lipinski definition) is 3. The molecule has 1 heterocycles. The van der Waals surface area contributed by atoms with Crippen LogP contribution in [0, 0.1) is 5.82 Å². The molecule has 0 bridgehead atoms. The van der Waals surface area contributed by atoms with Crippen molar-refractivity contribution in [1.82, 2.24) is 9.55 Å². The molecule has 9 heteroatoms. The number of para-hydroxylation sites is 3. The average Bonchev–Trinajstić information content (AvgIpc) is 3.11. The lowest BCUT2D eigenvalue weighted by molar-refractivity contribution is -0.137. The molecule has 162 valence electrons. The number of anilines is 1. The number of rotatable bonds is 5. The molecule has 0 saturated heterocycles. The molecule has 4 aromatic rings. The SMILES string of the molecule is O=C(Cn1c(C(=O)c2cccc(F)c2)nc2ccccc21)Nc1ccccc1C(F)(F)F. The number of carbonyl (C=O) groups excluding carboxylic acids is 2.